The second-order valence-corrected chi connectivity index (χ2v) is 9.27. The van der Waals surface area contributed by atoms with Crippen molar-refractivity contribution in [1.29, 1.82) is 0 Å². The largest absolute Gasteiger partial charge is 0.391 e. The van der Waals surface area contributed by atoms with Gasteiger partial charge in [-0.05, 0) is 45.1 Å². The molecule has 0 saturated heterocycles. The van der Waals surface area contributed by atoms with E-state index in [4.69, 9.17) is 0 Å². The standard InChI is InChI=1S/C18H29NO2S/c1-18(2,3)22(21)19-16(14-10-6-4-7-11-14)17(20)15-12-8-5-9-13-15/h4,6-7,10-11,15-17,19-20H,5,8-9,12-13H2,1-3H3/t16-,17+,22?/m0/s1. The average Bonchev–Trinajstić information content (AvgIpc) is 2.52. The fraction of sp³-hybridized carbons (Fsp3) is 0.667. The first kappa shape index (κ1) is 17.6. The number of rotatable bonds is 5. The lowest BCUT2D eigenvalue weighted by molar-refractivity contribution is 0.0570. The molecule has 0 spiro atoms. The molecule has 3 atom stereocenters. The van der Waals surface area contributed by atoms with Crippen LogP contribution in [0, 0.1) is 5.92 Å². The quantitative estimate of drug-likeness (QED) is 0.867. The van der Waals surface area contributed by atoms with Crippen molar-refractivity contribution in [2.45, 2.75) is 69.8 Å². The highest BCUT2D eigenvalue weighted by Crippen LogP contribution is 2.33. The summed E-state index contributed by atoms with van der Waals surface area (Å²) in [4.78, 5) is 0. The molecule has 2 N–H and O–H groups in total. The molecular weight excluding hydrogens is 294 g/mol. The van der Waals surface area contributed by atoms with E-state index in [2.05, 4.69) is 4.72 Å². The Bertz CT molecular complexity index is 478. The SMILES string of the molecule is CC(C)(C)S(=O)N[C@@H](c1ccccc1)[C@H](O)C1CCCCC1. The Morgan fingerprint density at radius 2 is 1.73 bits per heavy atom. The Balaban J connectivity index is 2.19. The first-order valence-corrected chi connectivity index (χ1v) is 9.45. The number of hydrogen-bond donors (Lipinski definition) is 2. The second kappa shape index (κ2) is 7.71. The van der Waals surface area contributed by atoms with Crippen molar-refractivity contribution in [3.63, 3.8) is 0 Å². The van der Waals surface area contributed by atoms with Gasteiger partial charge < -0.3 is 5.11 Å². The van der Waals surface area contributed by atoms with E-state index in [-0.39, 0.29) is 10.8 Å². The predicted octanol–water partition coefficient (Wildman–Crippen LogP) is 3.72. The van der Waals surface area contributed by atoms with E-state index in [1.165, 1.54) is 19.3 Å². The van der Waals surface area contributed by atoms with Gasteiger partial charge in [0, 0.05) is 0 Å². The van der Waals surface area contributed by atoms with Crippen LogP contribution in [0.15, 0.2) is 30.3 Å². The van der Waals surface area contributed by atoms with Crippen LogP contribution in [0.2, 0.25) is 0 Å². The van der Waals surface area contributed by atoms with E-state index in [9.17, 15) is 9.32 Å². The van der Waals surface area contributed by atoms with E-state index in [0.29, 0.717) is 5.92 Å². The minimum absolute atomic E-state index is 0.274. The fourth-order valence-electron chi connectivity index (χ4n) is 3.04. The number of aliphatic hydroxyl groups is 1. The molecule has 0 amide bonds. The van der Waals surface area contributed by atoms with Crippen LogP contribution in [-0.2, 0) is 11.0 Å². The summed E-state index contributed by atoms with van der Waals surface area (Å²) >= 11 is 0. The topological polar surface area (TPSA) is 49.3 Å². The van der Waals surface area contributed by atoms with Gasteiger partial charge in [-0.3, -0.25) is 0 Å². The molecular formula is C18H29NO2S. The Kier molecular flexibility index (Phi) is 6.18. The summed E-state index contributed by atoms with van der Waals surface area (Å²) in [6, 6.07) is 9.64. The summed E-state index contributed by atoms with van der Waals surface area (Å²) in [5.41, 5.74) is 1.01. The zero-order valence-electron chi connectivity index (χ0n) is 13.9. The van der Waals surface area contributed by atoms with Crippen LogP contribution in [0.1, 0.15) is 64.5 Å². The van der Waals surface area contributed by atoms with Gasteiger partial charge in [-0.25, -0.2) is 8.93 Å². The summed E-state index contributed by atoms with van der Waals surface area (Å²) < 4.78 is 15.4. The van der Waals surface area contributed by atoms with Crippen LogP contribution in [-0.4, -0.2) is 20.2 Å². The molecule has 0 aromatic heterocycles. The Labute approximate surface area is 137 Å². The highest BCUT2D eigenvalue weighted by molar-refractivity contribution is 7.84. The van der Waals surface area contributed by atoms with E-state index >= 15 is 0 Å². The maximum atomic E-state index is 12.5. The van der Waals surface area contributed by atoms with Crippen LogP contribution in [0.5, 0.6) is 0 Å². The highest BCUT2D eigenvalue weighted by Gasteiger charge is 2.33. The van der Waals surface area contributed by atoms with Gasteiger partial charge >= 0.3 is 0 Å². The van der Waals surface area contributed by atoms with E-state index in [1.54, 1.807) is 0 Å². The van der Waals surface area contributed by atoms with Gasteiger partial charge in [-0.2, -0.15) is 0 Å². The maximum Gasteiger partial charge on any atom is 0.0976 e. The van der Waals surface area contributed by atoms with Gasteiger partial charge in [0.15, 0.2) is 0 Å². The van der Waals surface area contributed by atoms with Crippen LogP contribution >= 0.6 is 0 Å². The number of hydrogen-bond acceptors (Lipinski definition) is 2. The molecule has 1 fully saturated rings. The molecule has 0 radical (unpaired) electrons. The third-order valence-electron chi connectivity index (χ3n) is 4.42. The van der Waals surface area contributed by atoms with Crippen LogP contribution < -0.4 is 4.72 Å². The number of benzene rings is 1. The Hall–Kier alpha value is -0.710. The smallest absolute Gasteiger partial charge is 0.0976 e. The molecule has 1 saturated carbocycles. The second-order valence-electron chi connectivity index (χ2n) is 7.28. The molecule has 1 aliphatic rings. The molecule has 0 bridgehead atoms. The van der Waals surface area contributed by atoms with Crippen molar-refractivity contribution in [2.75, 3.05) is 0 Å². The monoisotopic (exact) mass is 323 g/mol. The summed E-state index contributed by atoms with van der Waals surface area (Å²) in [5, 5.41) is 10.9. The molecule has 1 aromatic rings. The van der Waals surface area contributed by atoms with E-state index in [0.717, 1.165) is 18.4 Å². The van der Waals surface area contributed by atoms with Crippen molar-refractivity contribution in [2.24, 2.45) is 5.92 Å². The van der Waals surface area contributed by atoms with Gasteiger partial charge in [-0.1, -0.05) is 49.6 Å². The normalized spacial score (nSPS) is 21.3. The molecule has 1 aromatic carbocycles. The lowest BCUT2D eigenvalue weighted by Crippen LogP contribution is -2.43. The van der Waals surface area contributed by atoms with Crippen molar-refractivity contribution < 1.29 is 9.32 Å². The van der Waals surface area contributed by atoms with Gasteiger partial charge in [0.05, 0.1) is 27.9 Å². The molecule has 0 heterocycles. The lowest BCUT2D eigenvalue weighted by atomic mass is 9.81. The zero-order chi connectivity index (χ0) is 16.2. The summed E-state index contributed by atoms with van der Waals surface area (Å²) in [6.45, 7) is 5.85. The minimum atomic E-state index is -1.20. The van der Waals surface area contributed by atoms with Crippen molar-refractivity contribution in [3.8, 4) is 0 Å². The first-order valence-electron chi connectivity index (χ1n) is 8.30. The number of aliphatic hydroxyl groups excluding tert-OH is 1. The van der Waals surface area contributed by atoms with Gasteiger partial charge in [0.2, 0.25) is 0 Å². The van der Waals surface area contributed by atoms with Crippen molar-refractivity contribution in [1.82, 2.24) is 4.72 Å². The minimum Gasteiger partial charge on any atom is -0.391 e. The predicted molar refractivity (Wildman–Crippen MR) is 92.8 cm³/mol. The maximum absolute atomic E-state index is 12.5. The van der Waals surface area contributed by atoms with E-state index in [1.807, 2.05) is 51.1 Å². The average molecular weight is 324 g/mol. The molecule has 4 heteroatoms. The first-order chi connectivity index (χ1) is 10.4. The van der Waals surface area contributed by atoms with Crippen molar-refractivity contribution in [3.05, 3.63) is 35.9 Å². The molecule has 22 heavy (non-hydrogen) atoms. The Morgan fingerprint density at radius 3 is 2.27 bits per heavy atom. The van der Waals surface area contributed by atoms with Crippen LogP contribution in [0.3, 0.4) is 0 Å². The van der Waals surface area contributed by atoms with E-state index < -0.39 is 17.1 Å². The third-order valence-corrected chi connectivity index (χ3v) is 6.00. The molecule has 0 aliphatic heterocycles. The molecule has 3 nitrogen and oxygen atoms in total. The van der Waals surface area contributed by atoms with Crippen molar-refractivity contribution >= 4 is 11.0 Å². The molecule has 1 aliphatic carbocycles. The molecule has 2 rings (SSSR count). The highest BCUT2D eigenvalue weighted by atomic mass is 32.2. The molecule has 1 unspecified atom stereocenters. The number of nitrogens with one attached hydrogen (secondary N) is 1. The third kappa shape index (κ3) is 4.64. The lowest BCUT2D eigenvalue weighted by Gasteiger charge is -2.34. The zero-order valence-corrected chi connectivity index (χ0v) is 14.7. The summed E-state index contributed by atoms with van der Waals surface area (Å²) in [5.74, 6) is 0.295. The summed E-state index contributed by atoms with van der Waals surface area (Å²) in [6.07, 6.45) is 5.27. The van der Waals surface area contributed by atoms with Crippen LogP contribution in [0.25, 0.3) is 0 Å². The Morgan fingerprint density at radius 1 is 1.14 bits per heavy atom. The van der Waals surface area contributed by atoms with Gasteiger partial charge in [0.25, 0.3) is 0 Å². The van der Waals surface area contributed by atoms with Gasteiger partial charge in [-0.15, -0.1) is 0 Å². The van der Waals surface area contributed by atoms with Gasteiger partial charge in [0.1, 0.15) is 0 Å². The summed E-state index contributed by atoms with van der Waals surface area (Å²) in [7, 11) is -1.20. The van der Waals surface area contributed by atoms with Crippen LogP contribution in [0.4, 0.5) is 0 Å². The fourth-order valence-corrected chi connectivity index (χ4v) is 3.89. The molecule has 124 valence electrons.